The van der Waals surface area contributed by atoms with Crippen LogP contribution in [0.3, 0.4) is 0 Å². The van der Waals surface area contributed by atoms with Crippen LogP contribution in [0.5, 0.6) is 0 Å². The van der Waals surface area contributed by atoms with Crippen LogP contribution in [-0.2, 0) is 0 Å². The lowest BCUT2D eigenvalue weighted by Crippen LogP contribution is -2.49. The molecule has 2 aromatic heterocycles. The van der Waals surface area contributed by atoms with E-state index in [2.05, 4.69) is 15.0 Å². The number of hydrogen-bond acceptors (Lipinski definition) is 6. The Balaban J connectivity index is 1.68. The highest BCUT2D eigenvalue weighted by molar-refractivity contribution is 5.94. The summed E-state index contributed by atoms with van der Waals surface area (Å²) >= 11 is 0. The predicted octanol–water partition coefficient (Wildman–Crippen LogP) is 1.01. The van der Waals surface area contributed by atoms with Gasteiger partial charge in [-0.1, -0.05) is 0 Å². The molecule has 7 heteroatoms. The number of hydrogen-bond donors (Lipinski definition) is 0. The van der Waals surface area contributed by atoms with Crippen LogP contribution in [0.1, 0.15) is 21.7 Å². The lowest BCUT2D eigenvalue weighted by Gasteiger charge is -2.34. The Labute approximate surface area is 134 Å². The van der Waals surface area contributed by atoms with Gasteiger partial charge in [0.2, 0.25) is 5.95 Å². The fourth-order valence-electron chi connectivity index (χ4n) is 2.53. The average Bonchev–Trinajstić information content (AvgIpc) is 2.61. The van der Waals surface area contributed by atoms with Crippen LogP contribution in [0.15, 0.2) is 30.6 Å². The van der Waals surface area contributed by atoms with Gasteiger partial charge < -0.3 is 9.80 Å². The molecule has 3 heterocycles. The Kier molecular flexibility index (Phi) is 4.15. The molecule has 1 saturated heterocycles. The fraction of sp³-hybridized carbons (Fsp3) is 0.312. The second kappa shape index (κ2) is 6.40. The first-order valence-electron chi connectivity index (χ1n) is 7.37. The summed E-state index contributed by atoms with van der Waals surface area (Å²) in [6.45, 7) is 4.30. The molecule has 1 fully saturated rings. The van der Waals surface area contributed by atoms with E-state index in [0.717, 1.165) is 5.69 Å². The second-order valence-electron chi connectivity index (χ2n) is 5.33. The van der Waals surface area contributed by atoms with Gasteiger partial charge in [0.1, 0.15) is 11.8 Å². The molecule has 1 aliphatic rings. The number of carbonyl (C=O) groups is 1. The second-order valence-corrected chi connectivity index (χ2v) is 5.33. The number of pyridine rings is 1. The van der Waals surface area contributed by atoms with Gasteiger partial charge in [0.15, 0.2) is 0 Å². The molecule has 2 aromatic rings. The van der Waals surface area contributed by atoms with Gasteiger partial charge in [0.05, 0.1) is 5.56 Å². The zero-order valence-corrected chi connectivity index (χ0v) is 12.8. The number of anilines is 1. The quantitative estimate of drug-likeness (QED) is 0.823. The number of carbonyl (C=O) groups excluding carboxylic acids is 1. The standard InChI is InChI=1S/C16H16N6O/c1-12-9-14(10-17)20-16(19-12)22-7-5-21(6-8-22)15(23)13-3-2-4-18-11-13/h2-4,9,11H,5-8H2,1H3. The van der Waals surface area contributed by atoms with E-state index in [-0.39, 0.29) is 5.91 Å². The van der Waals surface area contributed by atoms with Crippen molar-refractivity contribution in [3.8, 4) is 6.07 Å². The third-order valence-electron chi connectivity index (χ3n) is 3.72. The molecular formula is C16H16N6O. The first kappa shape index (κ1) is 14.9. The van der Waals surface area contributed by atoms with Crippen molar-refractivity contribution in [3.63, 3.8) is 0 Å². The van der Waals surface area contributed by atoms with Crippen molar-refractivity contribution >= 4 is 11.9 Å². The summed E-state index contributed by atoms with van der Waals surface area (Å²) in [6.07, 6.45) is 3.23. The van der Waals surface area contributed by atoms with Crippen LogP contribution in [0, 0.1) is 18.3 Å². The molecule has 116 valence electrons. The van der Waals surface area contributed by atoms with Gasteiger partial charge in [-0.05, 0) is 25.1 Å². The first-order valence-corrected chi connectivity index (χ1v) is 7.37. The SMILES string of the molecule is Cc1cc(C#N)nc(N2CCN(C(=O)c3cccnc3)CC2)n1. The number of nitriles is 1. The summed E-state index contributed by atoms with van der Waals surface area (Å²) in [5, 5.41) is 9.01. The molecule has 0 radical (unpaired) electrons. The van der Waals surface area contributed by atoms with E-state index < -0.39 is 0 Å². The number of rotatable bonds is 2. The molecule has 1 aliphatic heterocycles. The zero-order chi connectivity index (χ0) is 16.2. The third-order valence-corrected chi connectivity index (χ3v) is 3.72. The largest absolute Gasteiger partial charge is 0.337 e. The fourth-order valence-corrected chi connectivity index (χ4v) is 2.53. The topological polar surface area (TPSA) is 86.0 Å². The Morgan fingerprint density at radius 2 is 2.04 bits per heavy atom. The summed E-state index contributed by atoms with van der Waals surface area (Å²) in [4.78, 5) is 28.8. The minimum Gasteiger partial charge on any atom is -0.337 e. The number of aromatic nitrogens is 3. The van der Waals surface area contributed by atoms with Gasteiger partial charge >= 0.3 is 0 Å². The van der Waals surface area contributed by atoms with Crippen molar-refractivity contribution in [1.82, 2.24) is 19.9 Å². The molecule has 0 aromatic carbocycles. The normalized spacial score (nSPS) is 14.4. The smallest absolute Gasteiger partial charge is 0.255 e. The summed E-state index contributed by atoms with van der Waals surface area (Å²) in [6, 6.07) is 7.23. The maximum atomic E-state index is 12.4. The summed E-state index contributed by atoms with van der Waals surface area (Å²) in [5.41, 5.74) is 1.72. The van der Waals surface area contributed by atoms with Crippen molar-refractivity contribution < 1.29 is 4.79 Å². The molecule has 23 heavy (non-hydrogen) atoms. The third kappa shape index (κ3) is 3.26. The van der Waals surface area contributed by atoms with Crippen LogP contribution in [0.2, 0.25) is 0 Å². The van der Waals surface area contributed by atoms with Gasteiger partial charge in [0.25, 0.3) is 5.91 Å². The Morgan fingerprint density at radius 3 is 2.70 bits per heavy atom. The van der Waals surface area contributed by atoms with E-state index in [4.69, 9.17) is 5.26 Å². The van der Waals surface area contributed by atoms with E-state index >= 15 is 0 Å². The van der Waals surface area contributed by atoms with Gasteiger partial charge in [-0.15, -0.1) is 0 Å². The van der Waals surface area contributed by atoms with Crippen LogP contribution < -0.4 is 4.90 Å². The highest BCUT2D eigenvalue weighted by atomic mass is 16.2. The van der Waals surface area contributed by atoms with Crippen LogP contribution in [0.4, 0.5) is 5.95 Å². The molecule has 3 rings (SSSR count). The van der Waals surface area contributed by atoms with Crippen molar-refractivity contribution in [2.24, 2.45) is 0 Å². The number of nitrogens with zero attached hydrogens (tertiary/aromatic N) is 6. The lowest BCUT2D eigenvalue weighted by atomic mass is 10.2. The van der Waals surface area contributed by atoms with Crippen molar-refractivity contribution in [2.75, 3.05) is 31.1 Å². The summed E-state index contributed by atoms with van der Waals surface area (Å²) < 4.78 is 0. The number of amides is 1. The van der Waals surface area contributed by atoms with Crippen LogP contribution in [-0.4, -0.2) is 51.9 Å². The average molecular weight is 308 g/mol. The van der Waals surface area contributed by atoms with Crippen molar-refractivity contribution in [2.45, 2.75) is 6.92 Å². The maximum Gasteiger partial charge on any atom is 0.255 e. The van der Waals surface area contributed by atoms with Gasteiger partial charge in [-0.3, -0.25) is 9.78 Å². The van der Waals surface area contributed by atoms with Crippen LogP contribution in [0.25, 0.3) is 0 Å². The molecule has 7 nitrogen and oxygen atoms in total. The first-order chi connectivity index (χ1) is 11.2. The highest BCUT2D eigenvalue weighted by Crippen LogP contribution is 2.14. The molecule has 0 spiro atoms. The Bertz CT molecular complexity index is 747. The molecule has 1 amide bonds. The molecule has 0 aliphatic carbocycles. The van der Waals surface area contributed by atoms with E-state index in [0.29, 0.717) is 43.4 Å². The van der Waals surface area contributed by atoms with E-state index in [9.17, 15) is 4.79 Å². The van der Waals surface area contributed by atoms with Gasteiger partial charge in [-0.25, -0.2) is 9.97 Å². The summed E-state index contributed by atoms with van der Waals surface area (Å²) in [5.74, 6) is 0.538. The Hall–Kier alpha value is -3.01. The summed E-state index contributed by atoms with van der Waals surface area (Å²) in [7, 11) is 0. The lowest BCUT2D eigenvalue weighted by molar-refractivity contribution is 0.0746. The van der Waals surface area contributed by atoms with Crippen molar-refractivity contribution in [1.29, 1.82) is 5.26 Å². The monoisotopic (exact) mass is 308 g/mol. The van der Waals surface area contributed by atoms with Gasteiger partial charge in [-0.2, -0.15) is 5.26 Å². The number of aryl methyl sites for hydroxylation is 1. The maximum absolute atomic E-state index is 12.4. The molecule has 0 N–H and O–H groups in total. The van der Waals surface area contributed by atoms with Gasteiger partial charge in [0, 0.05) is 44.3 Å². The minimum absolute atomic E-state index is 0.0133. The minimum atomic E-state index is -0.0133. The van der Waals surface area contributed by atoms with Crippen LogP contribution >= 0.6 is 0 Å². The highest BCUT2D eigenvalue weighted by Gasteiger charge is 2.23. The molecule has 0 bridgehead atoms. The van der Waals surface area contributed by atoms with E-state index in [1.807, 2.05) is 17.9 Å². The van der Waals surface area contributed by atoms with E-state index in [1.54, 1.807) is 35.5 Å². The molecule has 0 atom stereocenters. The Morgan fingerprint density at radius 1 is 1.26 bits per heavy atom. The number of piperazine rings is 1. The van der Waals surface area contributed by atoms with Crippen molar-refractivity contribution in [3.05, 3.63) is 47.5 Å². The molecule has 0 saturated carbocycles. The molecular weight excluding hydrogens is 292 g/mol. The van der Waals surface area contributed by atoms with E-state index in [1.165, 1.54) is 0 Å². The predicted molar refractivity (Wildman–Crippen MR) is 83.8 cm³/mol. The zero-order valence-electron chi connectivity index (χ0n) is 12.8. The molecule has 0 unspecified atom stereocenters.